The number of anilines is 1. The largest absolute Gasteiger partial charge is 0.355 e. The number of hydrogen-bond acceptors (Lipinski definition) is 6. The molecule has 3 heterocycles. The molecule has 0 bridgehead atoms. The Morgan fingerprint density at radius 2 is 2.05 bits per heavy atom. The number of carbonyl (C=O) groups excluding carboxylic acids is 1. The number of halogens is 2. The van der Waals surface area contributed by atoms with Crippen molar-refractivity contribution < 1.29 is 9.18 Å². The van der Waals surface area contributed by atoms with E-state index in [1.165, 1.54) is 23.5 Å². The van der Waals surface area contributed by atoms with Gasteiger partial charge >= 0.3 is 5.69 Å². The highest BCUT2D eigenvalue weighted by atomic mass is 35.5. The van der Waals surface area contributed by atoms with Crippen LogP contribution in [0.4, 0.5) is 10.2 Å². The Morgan fingerprint density at radius 1 is 1.26 bits per heavy atom. The van der Waals surface area contributed by atoms with Gasteiger partial charge in [-0.05, 0) is 37.6 Å². The minimum Gasteiger partial charge on any atom is -0.350 e. The van der Waals surface area contributed by atoms with Gasteiger partial charge in [0.2, 0.25) is 5.91 Å². The molecule has 0 radical (unpaired) electrons. The van der Waals surface area contributed by atoms with Gasteiger partial charge in [-0.1, -0.05) is 49.7 Å². The van der Waals surface area contributed by atoms with Crippen LogP contribution in [-0.2, 0) is 11.2 Å². The second kappa shape index (κ2) is 10.7. The van der Waals surface area contributed by atoms with E-state index in [0.717, 1.165) is 12.1 Å². The molecule has 1 saturated heterocycles. The van der Waals surface area contributed by atoms with E-state index in [0.29, 0.717) is 63.9 Å². The lowest BCUT2D eigenvalue weighted by molar-refractivity contribution is -0.126. The van der Waals surface area contributed by atoms with Crippen LogP contribution >= 0.6 is 22.9 Å². The summed E-state index contributed by atoms with van der Waals surface area (Å²) >= 11 is 8.13. The van der Waals surface area contributed by atoms with Crippen LogP contribution < -0.4 is 10.6 Å². The Morgan fingerprint density at radius 3 is 2.76 bits per heavy atom. The van der Waals surface area contributed by atoms with Gasteiger partial charge in [0, 0.05) is 47.2 Å². The predicted octanol–water partition coefficient (Wildman–Crippen LogP) is 5.48. The lowest BCUT2D eigenvalue weighted by atomic mass is 10.0. The molecule has 4 aromatic rings. The van der Waals surface area contributed by atoms with E-state index in [1.54, 1.807) is 45.3 Å². The Balaban J connectivity index is 1.75. The van der Waals surface area contributed by atoms with Crippen LogP contribution in [0.25, 0.3) is 27.0 Å². The fraction of sp³-hybridized carbons (Fsp3) is 0.286. The summed E-state index contributed by atoms with van der Waals surface area (Å²) in [5.41, 5.74) is 3.48. The van der Waals surface area contributed by atoms with Crippen molar-refractivity contribution in [2.45, 2.75) is 32.7 Å². The van der Waals surface area contributed by atoms with Crippen molar-refractivity contribution in [1.82, 2.24) is 19.4 Å². The first kappa shape index (κ1) is 26.1. The molecule has 0 unspecified atom stereocenters. The number of nitrogens with zero attached hydrogens (tertiary/aromatic N) is 5. The van der Waals surface area contributed by atoms with Gasteiger partial charge in [0.15, 0.2) is 0 Å². The van der Waals surface area contributed by atoms with Crippen molar-refractivity contribution >= 4 is 45.6 Å². The maximum Gasteiger partial charge on any atom is 0.355 e. The van der Waals surface area contributed by atoms with E-state index in [9.17, 15) is 14.0 Å². The van der Waals surface area contributed by atoms with E-state index in [1.807, 2.05) is 11.8 Å². The topological polar surface area (TPSA) is 71.3 Å². The smallest absolute Gasteiger partial charge is 0.350 e. The average Bonchev–Trinajstić information content (AvgIpc) is 3.36. The molecule has 1 aliphatic rings. The number of benzene rings is 2. The summed E-state index contributed by atoms with van der Waals surface area (Å²) in [6, 6.07) is 9.83. The van der Waals surface area contributed by atoms with Crippen molar-refractivity contribution in [1.29, 1.82) is 0 Å². The fourth-order valence-electron chi connectivity index (χ4n) is 4.99. The summed E-state index contributed by atoms with van der Waals surface area (Å²) in [6.07, 6.45) is 2.88. The van der Waals surface area contributed by atoms with Crippen LogP contribution in [0.2, 0.25) is 5.02 Å². The van der Waals surface area contributed by atoms with Crippen LogP contribution in [0.1, 0.15) is 26.0 Å². The van der Waals surface area contributed by atoms with E-state index in [-0.39, 0.29) is 11.9 Å². The van der Waals surface area contributed by atoms with Gasteiger partial charge in [0.25, 0.3) is 0 Å². The van der Waals surface area contributed by atoms with Gasteiger partial charge in [-0.2, -0.15) is 4.98 Å². The summed E-state index contributed by atoms with van der Waals surface area (Å²) in [7, 11) is 0. The third-order valence-corrected chi connectivity index (χ3v) is 7.98. The summed E-state index contributed by atoms with van der Waals surface area (Å²) in [6.45, 7) is 9.05. The standard InChI is InChI=1S/C28H27ClFN5O2S/c1-4-8-23-27(38-16-31-23)35-24-14-19(18-9-6-7-10-22(18)30)21(29)13-20(24)26(32-28(35)37)34-12-11-33(15-17(34)3)25(36)5-2/h5-7,9-10,13-14,16-17H,2,4,8,11-12,15H2,1,3H3/t17-/m0/s1. The van der Waals surface area contributed by atoms with Crippen LogP contribution in [0.15, 0.2) is 59.4 Å². The summed E-state index contributed by atoms with van der Waals surface area (Å²) < 4.78 is 16.4. The molecule has 1 aliphatic heterocycles. The maximum atomic E-state index is 14.8. The normalized spacial score (nSPS) is 15.7. The van der Waals surface area contributed by atoms with E-state index >= 15 is 0 Å². The number of thiazole rings is 1. The highest BCUT2D eigenvalue weighted by Crippen LogP contribution is 2.38. The van der Waals surface area contributed by atoms with Crippen LogP contribution in [0, 0.1) is 5.82 Å². The molecule has 7 nitrogen and oxygen atoms in total. The van der Waals surface area contributed by atoms with Crippen molar-refractivity contribution in [2.24, 2.45) is 0 Å². The highest BCUT2D eigenvalue weighted by molar-refractivity contribution is 7.12. The molecule has 1 amide bonds. The first-order valence-electron chi connectivity index (χ1n) is 12.5. The van der Waals surface area contributed by atoms with Gasteiger partial charge < -0.3 is 9.80 Å². The van der Waals surface area contributed by atoms with E-state index in [4.69, 9.17) is 11.6 Å². The minimum absolute atomic E-state index is 0.109. The zero-order chi connectivity index (χ0) is 27.0. The minimum atomic E-state index is -0.451. The number of aromatic nitrogens is 3. The number of hydrogen-bond donors (Lipinski definition) is 0. The molecule has 10 heteroatoms. The molecule has 0 aliphatic carbocycles. The lowest BCUT2D eigenvalue weighted by Crippen LogP contribution is -2.54. The molecular weight excluding hydrogens is 525 g/mol. The summed E-state index contributed by atoms with van der Waals surface area (Å²) in [4.78, 5) is 38.7. The van der Waals surface area contributed by atoms with Gasteiger partial charge in [-0.3, -0.25) is 4.79 Å². The van der Waals surface area contributed by atoms with Crippen LogP contribution in [-0.4, -0.2) is 51.0 Å². The Bertz CT molecular complexity index is 1600. The molecule has 2 aromatic carbocycles. The zero-order valence-corrected chi connectivity index (χ0v) is 22.7. The number of piperazine rings is 1. The number of aryl methyl sites for hydroxylation is 1. The van der Waals surface area contributed by atoms with Gasteiger partial charge in [0.1, 0.15) is 16.6 Å². The third-order valence-electron chi connectivity index (χ3n) is 6.82. The Kier molecular flexibility index (Phi) is 7.32. The van der Waals surface area contributed by atoms with Crippen molar-refractivity contribution in [3.63, 3.8) is 0 Å². The summed E-state index contributed by atoms with van der Waals surface area (Å²) in [5, 5.41) is 1.71. The molecule has 5 rings (SSSR count). The molecule has 0 spiro atoms. The number of fused-ring (bicyclic) bond motifs is 1. The predicted molar refractivity (Wildman–Crippen MR) is 151 cm³/mol. The molecule has 1 atom stereocenters. The second-order valence-electron chi connectivity index (χ2n) is 9.27. The average molecular weight is 552 g/mol. The fourth-order valence-corrected chi connectivity index (χ4v) is 6.10. The van der Waals surface area contributed by atoms with Gasteiger partial charge in [0.05, 0.1) is 16.7 Å². The quantitative estimate of drug-likeness (QED) is 0.297. The second-order valence-corrected chi connectivity index (χ2v) is 10.5. The molecule has 0 saturated carbocycles. The molecule has 196 valence electrons. The summed E-state index contributed by atoms with van der Waals surface area (Å²) in [5.74, 6) is -0.0445. The maximum absolute atomic E-state index is 14.8. The van der Waals surface area contributed by atoms with Crippen molar-refractivity contribution in [2.75, 3.05) is 24.5 Å². The third kappa shape index (κ3) is 4.61. The van der Waals surface area contributed by atoms with Crippen molar-refractivity contribution in [3.05, 3.63) is 81.6 Å². The Hall–Kier alpha value is -3.56. The SMILES string of the molecule is C=CC(=O)N1CCN(c2nc(=O)n(-c3scnc3CCC)c3cc(-c4ccccc4F)c(Cl)cc23)[C@@H](C)C1. The molecule has 38 heavy (non-hydrogen) atoms. The van der Waals surface area contributed by atoms with Crippen LogP contribution in [0.3, 0.4) is 0 Å². The highest BCUT2D eigenvalue weighted by Gasteiger charge is 2.29. The van der Waals surface area contributed by atoms with Gasteiger partial charge in [-0.25, -0.2) is 18.7 Å². The zero-order valence-electron chi connectivity index (χ0n) is 21.2. The van der Waals surface area contributed by atoms with E-state index < -0.39 is 11.5 Å². The first-order valence-corrected chi connectivity index (χ1v) is 13.7. The Labute approximate surface area is 228 Å². The van der Waals surface area contributed by atoms with Gasteiger partial charge in [-0.15, -0.1) is 11.3 Å². The molecule has 2 aromatic heterocycles. The van der Waals surface area contributed by atoms with Crippen LogP contribution in [0.5, 0.6) is 0 Å². The monoisotopic (exact) mass is 551 g/mol. The van der Waals surface area contributed by atoms with Crippen molar-refractivity contribution in [3.8, 4) is 16.1 Å². The lowest BCUT2D eigenvalue weighted by Gasteiger charge is -2.40. The number of carbonyl (C=O) groups is 1. The first-order chi connectivity index (χ1) is 18.3. The number of rotatable bonds is 6. The number of amides is 1. The molecule has 1 fully saturated rings. The molecule has 0 N–H and O–H groups in total. The van der Waals surface area contributed by atoms with E-state index in [2.05, 4.69) is 23.5 Å². The molecular formula is C28H27ClFN5O2S.